The van der Waals surface area contributed by atoms with Crippen LogP contribution >= 0.6 is 11.6 Å². The standard InChI is InChI=1S/C14H8ClFN2/c15-12-3-6-14(18-9-12)11(8-17)7-10-1-4-13(16)5-2-10/h1-7,9H/b11-7+. The zero-order valence-corrected chi connectivity index (χ0v) is 10.0. The van der Waals surface area contributed by atoms with Crippen molar-refractivity contribution in [3.63, 3.8) is 0 Å². The van der Waals surface area contributed by atoms with Gasteiger partial charge in [0.1, 0.15) is 11.9 Å². The maximum absolute atomic E-state index is 12.8. The van der Waals surface area contributed by atoms with E-state index in [1.807, 2.05) is 0 Å². The van der Waals surface area contributed by atoms with Crippen molar-refractivity contribution in [1.29, 1.82) is 5.26 Å². The van der Waals surface area contributed by atoms with Crippen LogP contribution < -0.4 is 0 Å². The van der Waals surface area contributed by atoms with E-state index in [2.05, 4.69) is 11.1 Å². The highest BCUT2D eigenvalue weighted by Crippen LogP contribution is 2.17. The molecule has 0 bridgehead atoms. The number of rotatable bonds is 2. The maximum atomic E-state index is 12.8. The fourth-order valence-electron chi connectivity index (χ4n) is 1.42. The minimum absolute atomic E-state index is 0.310. The van der Waals surface area contributed by atoms with Gasteiger partial charge in [0.25, 0.3) is 0 Å². The largest absolute Gasteiger partial charge is 0.254 e. The third-order valence-electron chi connectivity index (χ3n) is 2.30. The summed E-state index contributed by atoms with van der Waals surface area (Å²) >= 11 is 5.73. The molecule has 0 aliphatic heterocycles. The molecular weight excluding hydrogens is 251 g/mol. The van der Waals surface area contributed by atoms with Crippen LogP contribution in [0, 0.1) is 17.1 Å². The Bertz CT molecular complexity index is 610. The van der Waals surface area contributed by atoms with Gasteiger partial charge in [0.05, 0.1) is 16.3 Å². The zero-order chi connectivity index (χ0) is 13.0. The van der Waals surface area contributed by atoms with Gasteiger partial charge in [0, 0.05) is 6.20 Å². The van der Waals surface area contributed by atoms with Gasteiger partial charge in [0.2, 0.25) is 0 Å². The van der Waals surface area contributed by atoms with Crippen molar-refractivity contribution in [2.45, 2.75) is 0 Å². The molecule has 0 saturated carbocycles. The highest BCUT2D eigenvalue weighted by Gasteiger charge is 2.02. The van der Waals surface area contributed by atoms with E-state index in [1.54, 1.807) is 30.3 Å². The molecule has 0 atom stereocenters. The Morgan fingerprint density at radius 1 is 1.22 bits per heavy atom. The molecule has 0 spiro atoms. The molecule has 0 fully saturated rings. The molecule has 18 heavy (non-hydrogen) atoms. The van der Waals surface area contributed by atoms with E-state index in [1.165, 1.54) is 18.3 Å². The highest BCUT2D eigenvalue weighted by molar-refractivity contribution is 6.30. The molecular formula is C14H8ClFN2. The van der Waals surface area contributed by atoms with Gasteiger partial charge in [-0.2, -0.15) is 5.26 Å². The van der Waals surface area contributed by atoms with Gasteiger partial charge >= 0.3 is 0 Å². The Morgan fingerprint density at radius 2 is 1.94 bits per heavy atom. The monoisotopic (exact) mass is 258 g/mol. The van der Waals surface area contributed by atoms with Crippen molar-refractivity contribution in [3.8, 4) is 6.07 Å². The van der Waals surface area contributed by atoms with Gasteiger partial charge in [-0.05, 0) is 35.9 Å². The molecule has 0 unspecified atom stereocenters. The molecule has 1 aromatic carbocycles. The molecule has 0 aliphatic rings. The van der Waals surface area contributed by atoms with Crippen LogP contribution in [0.4, 0.5) is 4.39 Å². The van der Waals surface area contributed by atoms with Crippen molar-refractivity contribution in [2.75, 3.05) is 0 Å². The van der Waals surface area contributed by atoms with Crippen LogP contribution in [0.3, 0.4) is 0 Å². The normalized spacial score (nSPS) is 11.1. The van der Waals surface area contributed by atoms with Gasteiger partial charge < -0.3 is 0 Å². The van der Waals surface area contributed by atoms with Crippen LogP contribution in [0.1, 0.15) is 11.3 Å². The summed E-state index contributed by atoms with van der Waals surface area (Å²) in [4.78, 5) is 4.07. The van der Waals surface area contributed by atoms with Crippen molar-refractivity contribution >= 4 is 23.3 Å². The number of halogens is 2. The third-order valence-corrected chi connectivity index (χ3v) is 2.53. The SMILES string of the molecule is N#C/C(=C\c1ccc(F)cc1)c1ccc(Cl)cn1. The van der Waals surface area contributed by atoms with Gasteiger partial charge in [-0.1, -0.05) is 23.7 Å². The lowest BCUT2D eigenvalue weighted by molar-refractivity contribution is 0.628. The molecule has 0 N–H and O–H groups in total. The van der Waals surface area contributed by atoms with E-state index in [4.69, 9.17) is 16.9 Å². The van der Waals surface area contributed by atoms with E-state index < -0.39 is 0 Å². The summed E-state index contributed by atoms with van der Waals surface area (Å²) in [6.07, 6.45) is 3.13. The summed E-state index contributed by atoms with van der Waals surface area (Å²) in [6.45, 7) is 0. The first-order valence-corrected chi connectivity index (χ1v) is 5.56. The van der Waals surface area contributed by atoms with Gasteiger partial charge in [-0.15, -0.1) is 0 Å². The average Bonchev–Trinajstić information content (AvgIpc) is 2.39. The van der Waals surface area contributed by atoms with Gasteiger partial charge in [0.15, 0.2) is 0 Å². The predicted molar refractivity (Wildman–Crippen MR) is 69.1 cm³/mol. The lowest BCUT2D eigenvalue weighted by Gasteiger charge is -1.99. The predicted octanol–water partition coefficient (Wildman–Crippen LogP) is 3.94. The fourth-order valence-corrected chi connectivity index (χ4v) is 1.54. The van der Waals surface area contributed by atoms with Crippen LogP contribution in [0.15, 0.2) is 42.6 Å². The second kappa shape index (κ2) is 5.44. The Kier molecular flexibility index (Phi) is 3.71. The van der Waals surface area contributed by atoms with E-state index in [0.29, 0.717) is 16.3 Å². The lowest BCUT2D eigenvalue weighted by Crippen LogP contribution is -1.86. The van der Waals surface area contributed by atoms with Crippen molar-refractivity contribution in [2.24, 2.45) is 0 Å². The van der Waals surface area contributed by atoms with E-state index in [0.717, 1.165) is 5.56 Å². The number of benzene rings is 1. The summed E-state index contributed by atoms with van der Waals surface area (Å²) < 4.78 is 12.8. The van der Waals surface area contributed by atoms with Gasteiger partial charge in [-0.3, -0.25) is 4.98 Å². The number of aromatic nitrogens is 1. The first kappa shape index (κ1) is 12.3. The van der Waals surface area contributed by atoms with Crippen LogP contribution in [0.25, 0.3) is 11.6 Å². The van der Waals surface area contributed by atoms with Crippen molar-refractivity contribution in [3.05, 3.63) is 64.7 Å². The summed E-state index contributed by atoms with van der Waals surface area (Å²) in [5.74, 6) is -0.310. The Hall–Kier alpha value is -2.18. The van der Waals surface area contributed by atoms with Gasteiger partial charge in [-0.25, -0.2) is 4.39 Å². The minimum atomic E-state index is -0.310. The highest BCUT2D eigenvalue weighted by atomic mass is 35.5. The van der Waals surface area contributed by atoms with Crippen molar-refractivity contribution in [1.82, 2.24) is 4.98 Å². The summed E-state index contributed by atoms with van der Waals surface area (Å²) in [6, 6.07) is 11.3. The van der Waals surface area contributed by atoms with E-state index in [-0.39, 0.29) is 5.82 Å². The number of hydrogen-bond acceptors (Lipinski definition) is 2. The molecule has 4 heteroatoms. The molecule has 2 nitrogen and oxygen atoms in total. The van der Waals surface area contributed by atoms with E-state index in [9.17, 15) is 4.39 Å². The second-order valence-electron chi connectivity index (χ2n) is 3.58. The molecule has 0 radical (unpaired) electrons. The quantitative estimate of drug-likeness (QED) is 0.765. The van der Waals surface area contributed by atoms with Crippen LogP contribution in [0.5, 0.6) is 0 Å². The fraction of sp³-hybridized carbons (Fsp3) is 0. The number of nitrogens with zero attached hydrogens (tertiary/aromatic N) is 2. The van der Waals surface area contributed by atoms with Crippen LogP contribution in [-0.4, -0.2) is 4.98 Å². The topological polar surface area (TPSA) is 36.7 Å². The smallest absolute Gasteiger partial charge is 0.123 e. The Labute approximate surface area is 109 Å². The lowest BCUT2D eigenvalue weighted by atomic mass is 10.1. The number of allylic oxidation sites excluding steroid dienone is 1. The average molecular weight is 259 g/mol. The molecule has 1 heterocycles. The molecule has 0 amide bonds. The van der Waals surface area contributed by atoms with Crippen molar-refractivity contribution < 1.29 is 4.39 Å². The Balaban J connectivity index is 2.37. The molecule has 2 aromatic rings. The summed E-state index contributed by atoms with van der Waals surface area (Å²) in [5.41, 5.74) is 1.68. The minimum Gasteiger partial charge on any atom is -0.254 e. The van der Waals surface area contributed by atoms with Crippen LogP contribution in [-0.2, 0) is 0 Å². The first-order chi connectivity index (χ1) is 8.69. The Morgan fingerprint density at radius 3 is 2.50 bits per heavy atom. The number of pyridine rings is 1. The third kappa shape index (κ3) is 2.93. The van der Waals surface area contributed by atoms with Crippen LogP contribution in [0.2, 0.25) is 5.02 Å². The first-order valence-electron chi connectivity index (χ1n) is 5.18. The summed E-state index contributed by atoms with van der Waals surface area (Å²) in [7, 11) is 0. The molecule has 88 valence electrons. The number of hydrogen-bond donors (Lipinski definition) is 0. The maximum Gasteiger partial charge on any atom is 0.123 e. The summed E-state index contributed by atoms with van der Waals surface area (Å²) in [5, 5.41) is 9.61. The second-order valence-corrected chi connectivity index (χ2v) is 4.02. The molecule has 0 saturated heterocycles. The zero-order valence-electron chi connectivity index (χ0n) is 9.27. The molecule has 0 aliphatic carbocycles. The molecule has 2 rings (SSSR count). The number of nitriles is 1. The molecule has 1 aromatic heterocycles. The van der Waals surface area contributed by atoms with E-state index >= 15 is 0 Å².